The molecule has 4 nitrogen and oxygen atoms in total. The zero-order valence-electron chi connectivity index (χ0n) is 19.5. The van der Waals surface area contributed by atoms with Crippen LogP contribution in [-0.4, -0.2) is 48.3 Å². The standard InChI is InChI=1S/C12H18NO3.3C4H9.Sn/c1-3-6-10-9(2)13(12(10)14)16-11-7-4-5-8-15-11;3*1-3-4-2;/h1,3,9-11H,4-8H2,2H3;3*1,3-4H2,2H3;/t9-,10+,11?;;;;/m0..../s1. The summed E-state index contributed by atoms with van der Waals surface area (Å²) in [5.41, 5.74) is 0. The van der Waals surface area contributed by atoms with Gasteiger partial charge in [0.2, 0.25) is 0 Å². The first kappa shape index (κ1) is 25.2. The van der Waals surface area contributed by atoms with Crippen LogP contribution in [0.2, 0.25) is 13.3 Å². The van der Waals surface area contributed by atoms with E-state index in [-0.39, 0.29) is 24.2 Å². The Morgan fingerprint density at radius 2 is 1.69 bits per heavy atom. The third-order valence-electron chi connectivity index (χ3n) is 6.80. The molecule has 29 heavy (non-hydrogen) atoms. The molecule has 0 spiro atoms. The van der Waals surface area contributed by atoms with Crippen LogP contribution in [-0.2, 0) is 14.4 Å². The van der Waals surface area contributed by atoms with Crippen LogP contribution in [0.15, 0.2) is 10.2 Å². The van der Waals surface area contributed by atoms with Gasteiger partial charge in [-0.1, -0.05) is 0 Å². The molecule has 2 heterocycles. The van der Waals surface area contributed by atoms with Gasteiger partial charge >= 0.3 is 184 Å². The molecule has 2 aliphatic heterocycles. The summed E-state index contributed by atoms with van der Waals surface area (Å²) in [6.07, 6.45) is 14.2. The van der Waals surface area contributed by atoms with Crippen LogP contribution in [0.3, 0.4) is 0 Å². The molecule has 0 aliphatic carbocycles. The molecule has 0 bridgehead atoms. The molecular formula is C24H45NO3Sn. The number of hydrogen-bond acceptors (Lipinski definition) is 3. The number of carbonyl (C=O) groups is 1. The van der Waals surface area contributed by atoms with Gasteiger partial charge in [0.1, 0.15) is 0 Å². The predicted molar refractivity (Wildman–Crippen MR) is 123 cm³/mol. The second kappa shape index (κ2) is 13.4. The van der Waals surface area contributed by atoms with Gasteiger partial charge in [-0.2, -0.15) is 0 Å². The number of hydrogen-bond donors (Lipinski definition) is 0. The Kier molecular flexibility index (Phi) is 11.6. The van der Waals surface area contributed by atoms with E-state index in [1.165, 1.54) is 51.8 Å². The summed E-state index contributed by atoms with van der Waals surface area (Å²) in [5.74, 6) is 0.232. The number of ether oxygens (including phenoxy) is 1. The van der Waals surface area contributed by atoms with Crippen LogP contribution in [0.1, 0.15) is 91.9 Å². The first-order valence-corrected chi connectivity index (χ1v) is 20.1. The Morgan fingerprint density at radius 1 is 1.07 bits per heavy atom. The first-order chi connectivity index (χ1) is 14.1. The average Bonchev–Trinajstić information content (AvgIpc) is 2.76. The van der Waals surface area contributed by atoms with Gasteiger partial charge in [-0.15, -0.1) is 0 Å². The first-order valence-electron chi connectivity index (χ1n) is 12.4. The van der Waals surface area contributed by atoms with E-state index < -0.39 is 18.4 Å². The fourth-order valence-corrected chi connectivity index (χ4v) is 19.1. The third-order valence-corrected chi connectivity index (χ3v) is 21.0. The van der Waals surface area contributed by atoms with Crippen molar-refractivity contribution in [3.8, 4) is 0 Å². The molecular weight excluding hydrogens is 469 g/mol. The molecule has 5 heteroatoms. The second-order valence-electron chi connectivity index (χ2n) is 9.22. The van der Waals surface area contributed by atoms with Crippen LogP contribution < -0.4 is 0 Å². The minimum absolute atomic E-state index is 0.0855. The third kappa shape index (κ3) is 7.53. The van der Waals surface area contributed by atoms with Crippen LogP contribution in [0, 0.1) is 5.92 Å². The van der Waals surface area contributed by atoms with E-state index in [0.717, 1.165) is 32.3 Å². The van der Waals surface area contributed by atoms with E-state index in [0.29, 0.717) is 0 Å². The Balaban J connectivity index is 1.91. The second-order valence-corrected chi connectivity index (χ2v) is 22.2. The summed E-state index contributed by atoms with van der Waals surface area (Å²) in [6.45, 7) is 9.82. The van der Waals surface area contributed by atoms with E-state index in [2.05, 4.69) is 37.9 Å². The van der Waals surface area contributed by atoms with Crippen LogP contribution in [0.5, 0.6) is 0 Å². The molecule has 2 aliphatic rings. The van der Waals surface area contributed by atoms with E-state index in [9.17, 15) is 4.79 Å². The number of rotatable bonds is 14. The summed E-state index contributed by atoms with van der Waals surface area (Å²) in [7, 11) is 0. The van der Waals surface area contributed by atoms with Crippen molar-refractivity contribution in [1.82, 2.24) is 5.06 Å². The van der Waals surface area contributed by atoms with Crippen molar-refractivity contribution < 1.29 is 14.4 Å². The molecule has 0 aromatic heterocycles. The number of β-lactam (4-membered cyclic amide) rings is 1. The monoisotopic (exact) mass is 515 g/mol. The summed E-state index contributed by atoms with van der Waals surface area (Å²) < 4.78 is 12.8. The quantitative estimate of drug-likeness (QED) is 0.193. The number of amides is 1. The van der Waals surface area contributed by atoms with E-state index in [1.807, 2.05) is 0 Å². The van der Waals surface area contributed by atoms with Gasteiger partial charge in [0.15, 0.2) is 0 Å². The minimum atomic E-state index is -2.23. The van der Waals surface area contributed by atoms with Gasteiger partial charge < -0.3 is 0 Å². The maximum absolute atomic E-state index is 12.6. The molecule has 2 fully saturated rings. The van der Waals surface area contributed by atoms with Crippen molar-refractivity contribution in [3.63, 3.8) is 0 Å². The Labute approximate surface area is 183 Å². The maximum atomic E-state index is 12.6. The fraction of sp³-hybridized carbons (Fsp3) is 0.875. The van der Waals surface area contributed by atoms with Crippen molar-refractivity contribution in [2.45, 2.75) is 118 Å². The summed E-state index contributed by atoms with van der Waals surface area (Å²) in [4.78, 5) is 18.5. The van der Waals surface area contributed by atoms with Gasteiger partial charge in [-0.05, 0) is 0 Å². The number of unbranched alkanes of at least 4 members (excludes halogenated alkanes) is 3. The molecule has 2 saturated heterocycles. The van der Waals surface area contributed by atoms with Gasteiger partial charge in [-0.3, -0.25) is 0 Å². The van der Waals surface area contributed by atoms with Crippen molar-refractivity contribution in [1.29, 1.82) is 0 Å². The van der Waals surface area contributed by atoms with Gasteiger partial charge in [0.05, 0.1) is 0 Å². The number of hydroxylamine groups is 2. The molecule has 0 aromatic rings. The van der Waals surface area contributed by atoms with E-state index in [4.69, 9.17) is 9.57 Å². The summed E-state index contributed by atoms with van der Waals surface area (Å²) in [6, 6.07) is 0.157. The molecule has 1 amide bonds. The van der Waals surface area contributed by atoms with Crippen molar-refractivity contribution in [2.75, 3.05) is 6.61 Å². The van der Waals surface area contributed by atoms with Crippen LogP contribution in [0.4, 0.5) is 0 Å². The molecule has 168 valence electrons. The molecule has 0 radical (unpaired) electrons. The van der Waals surface area contributed by atoms with E-state index >= 15 is 0 Å². The SMILES string of the molecule is CCC[CH2][Sn](/[CH]=C/C[C@H]1C(=O)N(OC2CCCCO2)[C@H]1C)([CH2]CCC)[CH2]CCC. The molecule has 1 unspecified atom stereocenters. The number of carbonyl (C=O) groups excluding carboxylic acids is 1. The van der Waals surface area contributed by atoms with Crippen LogP contribution in [0.25, 0.3) is 0 Å². The van der Waals surface area contributed by atoms with Crippen molar-refractivity contribution in [2.24, 2.45) is 5.92 Å². The van der Waals surface area contributed by atoms with Gasteiger partial charge in [-0.25, -0.2) is 0 Å². The Bertz CT molecular complexity index is 483. The zero-order chi connectivity index (χ0) is 21.1. The summed E-state index contributed by atoms with van der Waals surface area (Å²) >= 11 is -2.23. The molecule has 0 N–H and O–H groups in total. The van der Waals surface area contributed by atoms with Crippen molar-refractivity contribution in [3.05, 3.63) is 10.2 Å². The Hall–Kier alpha value is -0.0713. The Morgan fingerprint density at radius 3 is 2.17 bits per heavy atom. The zero-order valence-corrected chi connectivity index (χ0v) is 22.3. The van der Waals surface area contributed by atoms with E-state index in [1.54, 1.807) is 5.06 Å². The predicted octanol–water partition coefficient (Wildman–Crippen LogP) is 6.63. The molecule has 0 saturated carbocycles. The van der Waals surface area contributed by atoms with Gasteiger partial charge in [0.25, 0.3) is 0 Å². The number of allylic oxidation sites excluding steroid dienone is 1. The normalized spacial score (nSPS) is 25.6. The summed E-state index contributed by atoms with van der Waals surface area (Å²) in [5, 5.41) is 1.58. The molecule has 3 atom stereocenters. The topological polar surface area (TPSA) is 38.8 Å². The molecule has 2 rings (SSSR count). The van der Waals surface area contributed by atoms with Crippen molar-refractivity contribution >= 4 is 24.3 Å². The van der Waals surface area contributed by atoms with Gasteiger partial charge in [0, 0.05) is 0 Å². The number of nitrogens with zero attached hydrogens (tertiary/aromatic N) is 1. The van der Waals surface area contributed by atoms with Crippen LogP contribution >= 0.6 is 0 Å². The fourth-order valence-electron chi connectivity index (χ4n) is 4.69. The average molecular weight is 514 g/mol. The molecule has 0 aromatic carbocycles.